The minimum absolute atomic E-state index is 0.111. The van der Waals surface area contributed by atoms with Gasteiger partial charge in [-0.1, -0.05) is 31.7 Å². The first-order valence-corrected chi connectivity index (χ1v) is 11.6. The number of nitrogens with one attached hydrogen (secondary N) is 2. The first-order chi connectivity index (χ1) is 16.5. The van der Waals surface area contributed by atoms with Crippen molar-refractivity contribution in [3.05, 3.63) is 36.7 Å². The van der Waals surface area contributed by atoms with Crippen molar-refractivity contribution in [3.8, 4) is 11.4 Å². The molecule has 3 N–H and O–H groups in total. The molecule has 180 valence electrons. The highest BCUT2D eigenvalue weighted by Gasteiger charge is 2.39. The van der Waals surface area contributed by atoms with E-state index in [9.17, 15) is 19.6 Å². The molecule has 0 radical (unpaired) electrons. The van der Waals surface area contributed by atoms with Crippen LogP contribution in [0.2, 0.25) is 0 Å². The number of rotatable bonds is 9. The standard InChI is InChI=1S/C23H29N7O4/c31-15-29(34)14-17(13-16-5-1-2-6-16)22(33)30-20(9-12-26-30)21(32)28-23-25-11-8-19(27-23)18-7-3-4-10-24-18/h3-4,7-8,10-11,15-17,20,26,34H,1-2,5-6,9,12-14H2,(H,25,27,28,32). The van der Waals surface area contributed by atoms with Gasteiger partial charge in [-0.05, 0) is 37.0 Å². The Balaban J connectivity index is 1.45. The molecule has 1 saturated heterocycles. The van der Waals surface area contributed by atoms with Gasteiger partial charge in [0.2, 0.25) is 18.3 Å². The fraction of sp³-hybridized carbons (Fsp3) is 0.478. The van der Waals surface area contributed by atoms with Crippen molar-refractivity contribution in [1.29, 1.82) is 0 Å². The topological polar surface area (TPSA) is 141 Å². The van der Waals surface area contributed by atoms with Gasteiger partial charge >= 0.3 is 0 Å². The highest BCUT2D eigenvalue weighted by molar-refractivity contribution is 5.96. The van der Waals surface area contributed by atoms with E-state index in [1.807, 2.05) is 12.1 Å². The van der Waals surface area contributed by atoms with E-state index >= 15 is 0 Å². The SMILES string of the molecule is O=CN(O)CC(CC1CCCC1)C(=O)N1NCCC1C(=O)Nc1nccc(-c2ccccn2)n1. The second-order valence-electron chi connectivity index (χ2n) is 8.70. The molecule has 3 heterocycles. The maximum absolute atomic E-state index is 13.4. The zero-order valence-corrected chi connectivity index (χ0v) is 18.8. The van der Waals surface area contributed by atoms with Crippen LogP contribution in [0.15, 0.2) is 36.7 Å². The van der Waals surface area contributed by atoms with E-state index in [0.717, 1.165) is 25.7 Å². The Morgan fingerprint density at radius 3 is 2.74 bits per heavy atom. The molecule has 4 rings (SSSR count). The fourth-order valence-electron chi connectivity index (χ4n) is 4.68. The Bertz CT molecular complexity index is 1000. The summed E-state index contributed by atoms with van der Waals surface area (Å²) >= 11 is 0. The Labute approximate surface area is 197 Å². The van der Waals surface area contributed by atoms with Crippen LogP contribution in [0.4, 0.5) is 5.95 Å². The number of hydrogen-bond donors (Lipinski definition) is 3. The van der Waals surface area contributed by atoms with Gasteiger partial charge in [-0.15, -0.1) is 0 Å². The molecular weight excluding hydrogens is 438 g/mol. The highest BCUT2D eigenvalue weighted by atomic mass is 16.5. The summed E-state index contributed by atoms with van der Waals surface area (Å²) in [4.78, 5) is 50.2. The van der Waals surface area contributed by atoms with Crippen LogP contribution in [0.3, 0.4) is 0 Å². The zero-order chi connectivity index (χ0) is 23.9. The quantitative estimate of drug-likeness (QED) is 0.287. The predicted octanol–water partition coefficient (Wildman–Crippen LogP) is 1.63. The lowest BCUT2D eigenvalue weighted by molar-refractivity contribution is -0.159. The number of carbonyl (C=O) groups excluding carboxylic acids is 3. The summed E-state index contributed by atoms with van der Waals surface area (Å²) in [5.41, 5.74) is 4.21. The second kappa shape index (κ2) is 11.1. The van der Waals surface area contributed by atoms with Gasteiger partial charge < -0.3 is 0 Å². The summed E-state index contributed by atoms with van der Waals surface area (Å²) in [6.07, 6.45) is 8.76. The minimum atomic E-state index is -0.760. The normalized spacial score (nSPS) is 19.1. The lowest BCUT2D eigenvalue weighted by atomic mass is 9.92. The van der Waals surface area contributed by atoms with Crippen LogP contribution in [-0.2, 0) is 14.4 Å². The lowest BCUT2D eigenvalue weighted by Crippen LogP contribution is -2.51. The molecule has 0 aromatic carbocycles. The summed E-state index contributed by atoms with van der Waals surface area (Å²) in [5, 5.41) is 14.3. The third-order valence-corrected chi connectivity index (χ3v) is 6.34. The zero-order valence-electron chi connectivity index (χ0n) is 18.8. The predicted molar refractivity (Wildman–Crippen MR) is 122 cm³/mol. The van der Waals surface area contributed by atoms with Crippen LogP contribution in [0, 0.1) is 11.8 Å². The van der Waals surface area contributed by atoms with Crippen LogP contribution in [-0.4, -0.2) is 67.6 Å². The van der Waals surface area contributed by atoms with Crippen molar-refractivity contribution < 1.29 is 19.6 Å². The molecule has 0 bridgehead atoms. The van der Waals surface area contributed by atoms with Gasteiger partial charge in [-0.2, -0.15) is 0 Å². The number of aromatic nitrogens is 3. The first kappa shape index (κ1) is 23.7. The average Bonchev–Trinajstić information content (AvgIpc) is 3.56. The van der Waals surface area contributed by atoms with Gasteiger partial charge in [-0.3, -0.25) is 34.9 Å². The minimum Gasteiger partial charge on any atom is -0.293 e. The molecular formula is C23H29N7O4. The molecule has 1 saturated carbocycles. The van der Waals surface area contributed by atoms with E-state index in [0.29, 0.717) is 48.2 Å². The molecule has 2 unspecified atom stereocenters. The summed E-state index contributed by atoms with van der Waals surface area (Å²) < 4.78 is 0. The van der Waals surface area contributed by atoms with Crippen LogP contribution in [0.5, 0.6) is 0 Å². The van der Waals surface area contributed by atoms with Crippen LogP contribution in [0.1, 0.15) is 38.5 Å². The molecule has 3 amide bonds. The average molecular weight is 468 g/mol. The summed E-state index contributed by atoms with van der Waals surface area (Å²) in [5.74, 6) is -0.840. The third kappa shape index (κ3) is 5.72. The number of nitrogens with zero attached hydrogens (tertiary/aromatic N) is 5. The van der Waals surface area contributed by atoms with Crippen molar-refractivity contribution in [1.82, 2.24) is 30.4 Å². The van der Waals surface area contributed by atoms with E-state index in [4.69, 9.17) is 0 Å². The fourth-order valence-corrected chi connectivity index (χ4v) is 4.68. The largest absolute Gasteiger partial charge is 0.293 e. The number of hydroxylamine groups is 2. The molecule has 11 nitrogen and oxygen atoms in total. The van der Waals surface area contributed by atoms with E-state index in [1.165, 1.54) is 11.2 Å². The van der Waals surface area contributed by atoms with Gasteiger partial charge in [0.25, 0.3) is 5.91 Å². The Morgan fingerprint density at radius 2 is 2.00 bits per heavy atom. The maximum atomic E-state index is 13.4. The summed E-state index contributed by atoms with van der Waals surface area (Å²) in [7, 11) is 0. The van der Waals surface area contributed by atoms with Gasteiger partial charge in [0.1, 0.15) is 6.04 Å². The smallest absolute Gasteiger partial charge is 0.251 e. The lowest BCUT2D eigenvalue weighted by Gasteiger charge is -2.29. The van der Waals surface area contributed by atoms with E-state index in [1.54, 1.807) is 18.3 Å². The van der Waals surface area contributed by atoms with E-state index < -0.39 is 17.9 Å². The van der Waals surface area contributed by atoms with Gasteiger partial charge in [0.05, 0.1) is 23.9 Å². The first-order valence-electron chi connectivity index (χ1n) is 11.6. The van der Waals surface area contributed by atoms with Crippen molar-refractivity contribution in [2.45, 2.75) is 44.6 Å². The summed E-state index contributed by atoms with van der Waals surface area (Å²) in [6, 6.07) is 6.40. The maximum Gasteiger partial charge on any atom is 0.251 e. The number of amides is 3. The van der Waals surface area contributed by atoms with Crippen LogP contribution >= 0.6 is 0 Å². The van der Waals surface area contributed by atoms with Crippen molar-refractivity contribution >= 4 is 24.2 Å². The van der Waals surface area contributed by atoms with Crippen molar-refractivity contribution in [2.24, 2.45) is 11.8 Å². The number of hydrogen-bond acceptors (Lipinski definition) is 8. The highest BCUT2D eigenvalue weighted by Crippen LogP contribution is 2.31. The molecule has 2 aromatic rings. The molecule has 2 fully saturated rings. The molecule has 11 heteroatoms. The Kier molecular flexibility index (Phi) is 7.76. The van der Waals surface area contributed by atoms with Gasteiger partial charge in [-0.25, -0.2) is 20.5 Å². The number of anilines is 1. The number of pyridine rings is 1. The second-order valence-corrected chi connectivity index (χ2v) is 8.70. The monoisotopic (exact) mass is 467 g/mol. The van der Waals surface area contributed by atoms with E-state index in [2.05, 4.69) is 25.7 Å². The molecule has 2 atom stereocenters. The molecule has 2 aromatic heterocycles. The van der Waals surface area contributed by atoms with E-state index in [-0.39, 0.29) is 18.4 Å². The molecule has 2 aliphatic rings. The van der Waals surface area contributed by atoms with Gasteiger partial charge in [0, 0.05) is 18.9 Å². The van der Waals surface area contributed by atoms with Crippen LogP contribution in [0.25, 0.3) is 11.4 Å². The molecule has 0 spiro atoms. The van der Waals surface area contributed by atoms with Crippen molar-refractivity contribution in [3.63, 3.8) is 0 Å². The summed E-state index contributed by atoms with van der Waals surface area (Å²) in [6.45, 7) is 0.339. The molecule has 34 heavy (non-hydrogen) atoms. The Morgan fingerprint density at radius 1 is 1.18 bits per heavy atom. The van der Waals surface area contributed by atoms with Crippen molar-refractivity contribution in [2.75, 3.05) is 18.4 Å². The molecule has 1 aliphatic carbocycles. The Hall–Kier alpha value is -3.44. The number of carbonyl (C=O) groups is 3. The van der Waals surface area contributed by atoms with Crippen LogP contribution < -0.4 is 10.7 Å². The van der Waals surface area contributed by atoms with Gasteiger partial charge in [0.15, 0.2) is 0 Å². The third-order valence-electron chi connectivity index (χ3n) is 6.34. The number of hydrazine groups is 1. The molecule has 1 aliphatic heterocycles.